The molecule has 0 heterocycles. The number of ketones is 1. The number of rotatable bonds is 7. The molecule has 1 rings (SSSR count). The van der Waals surface area contributed by atoms with Crippen LogP contribution in [0.1, 0.15) is 22.8 Å². The van der Waals surface area contributed by atoms with Gasteiger partial charge in [-0.1, -0.05) is 0 Å². The number of carboxylic acid groups (broad SMARTS) is 1. The summed E-state index contributed by atoms with van der Waals surface area (Å²) in [6.45, 7) is 0.295. The minimum atomic E-state index is -1.38. The Morgan fingerprint density at radius 1 is 1.29 bits per heavy atom. The van der Waals surface area contributed by atoms with E-state index in [0.717, 1.165) is 0 Å². The van der Waals surface area contributed by atoms with Gasteiger partial charge in [-0.15, -0.1) is 12.4 Å². The molecule has 0 spiro atoms. The summed E-state index contributed by atoms with van der Waals surface area (Å²) in [6.07, 6.45) is 0. The first-order valence-corrected chi connectivity index (χ1v) is 5.76. The number of benzene rings is 1. The Morgan fingerprint density at radius 3 is 2.48 bits per heavy atom. The molecular weight excluding hydrogens is 302 g/mol. The lowest BCUT2D eigenvalue weighted by molar-refractivity contribution is -0.307. The first kappa shape index (κ1) is 18.9. The molecule has 0 amide bonds. The minimum Gasteiger partial charge on any atom is -0.546 e. The minimum absolute atomic E-state index is 0. The van der Waals surface area contributed by atoms with E-state index < -0.39 is 18.5 Å². The van der Waals surface area contributed by atoms with Gasteiger partial charge in [0.25, 0.3) is 0 Å². The zero-order chi connectivity index (χ0) is 15.1. The number of hydrogen-bond donors (Lipinski definition) is 1. The lowest BCUT2D eigenvalue weighted by Gasteiger charge is -2.13. The summed E-state index contributed by atoms with van der Waals surface area (Å²) in [4.78, 5) is 32.7. The normalized spacial score (nSPS) is 9.43. The number of ether oxygens (including phenoxy) is 2. The van der Waals surface area contributed by atoms with Gasteiger partial charge >= 0.3 is 5.97 Å². The van der Waals surface area contributed by atoms with Crippen LogP contribution in [0.15, 0.2) is 18.2 Å². The van der Waals surface area contributed by atoms with E-state index in [1.807, 2.05) is 0 Å². The van der Waals surface area contributed by atoms with Crippen LogP contribution < -0.4 is 15.6 Å². The molecule has 1 aromatic rings. The van der Waals surface area contributed by atoms with Crippen molar-refractivity contribution in [2.75, 3.05) is 13.2 Å². The number of carboxylic acids is 1. The third-order valence-corrected chi connectivity index (χ3v) is 2.34. The Morgan fingerprint density at radius 2 is 1.95 bits per heavy atom. The topological polar surface area (TPSA) is 119 Å². The quantitative estimate of drug-likeness (QED) is 0.529. The lowest BCUT2D eigenvalue weighted by Crippen LogP contribution is -2.29. The largest absolute Gasteiger partial charge is 0.546 e. The maximum absolute atomic E-state index is 11.5. The molecule has 8 heteroatoms. The highest BCUT2D eigenvalue weighted by Crippen LogP contribution is 2.21. The molecule has 0 aliphatic carbocycles. The van der Waals surface area contributed by atoms with Crippen LogP contribution in [0.4, 0.5) is 0 Å². The van der Waals surface area contributed by atoms with Gasteiger partial charge in [-0.05, 0) is 18.2 Å². The van der Waals surface area contributed by atoms with E-state index in [9.17, 15) is 19.5 Å². The summed E-state index contributed by atoms with van der Waals surface area (Å²) in [7, 11) is 0. The molecule has 0 aliphatic heterocycles. The number of hydrogen-bond acceptors (Lipinski definition) is 7. The molecule has 0 bridgehead atoms. The SMILES string of the molecule is CC(=O)OCc1cc(C(=O)CN)ccc1OCC(=O)[O-].Cl. The zero-order valence-corrected chi connectivity index (χ0v) is 12.1. The van der Waals surface area contributed by atoms with Gasteiger partial charge in [-0.25, -0.2) is 0 Å². The van der Waals surface area contributed by atoms with E-state index in [2.05, 4.69) is 0 Å². The highest BCUT2D eigenvalue weighted by atomic mass is 35.5. The van der Waals surface area contributed by atoms with Crippen molar-refractivity contribution in [1.29, 1.82) is 0 Å². The van der Waals surface area contributed by atoms with Gasteiger partial charge < -0.3 is 25.1 Å². The average Bonchev–Trinajstić information content (AvgIpc) is 2.42. The summed E-state index contributed by atoms with van der Waals surface area (Å²) in [5, 5.41) is 10.4. The number of carbonyl (C=O) groups is 3. The number of esters is 1. The van der Waals surface area contributed by atoms with Gasteiger partial charge in [-0.2, -0.15) is 0 Å². The second-order valence-electron chi connectivity index (χ2n) is 3.89. The fourth-order valence-corrected chi connectivity index (χ4v) is 1.44. The van der Waals surface area contributed by atoms with E-state index in [4.69, 9.17) is 15.2 Å². The van der Waals surface area contributed by atoms with Crippen molar-refractivity contribution >= 4 is 30.1 Å². The summed E-state index contributed by atoms with van der Waals surface area (Å²) < 4.78 is 9.82. The van der Waals surface area contributed by atoms with Gasteiger partial charge in [0.2, 0.25) is 0 Å². The summed E-state index contributed by atoms with van der Waals surface area (Å²) in [5.74, 6) is -1.98. The van der Waals surface area contributed by atoms with Gasteiger partial charge in [0.15, 0.2) is 5.78 Å². The molecule has 0 fully saturated rings. The highest BCUT2D eigenvalue weighted by Gasteiger charge is 2.11. The van der Waals surface area contributed by atoms with Gasteiger partial charge in [0, 0.05) is 18.1 Å². The Hall–Kier alpha value is -2.12. The average molecular weight is 317 g/mol. The first-order valence-electron chi connectivity index (χ1n) is 5.76. The fraction of sp³-hybridized carbons (Fsp3) is 0.308. The number of carbonyl (C=O) groups excluding carboxylic acids is 3. The number of halogens is 1. The van der Waals surface area contributed by atoms with Gasteiger partial charge in [0.1, 0.15) is 19.0 Å². The lowest BCUT2D eigenvalue weighted by atomic mass is 10.1. The molecule has 7 nitrogen and oxygen atoms in total. The van der Waals surface area contributed by atoms with Gasteiger partial charge in [0.05, 0.1) is 12.5 Å². The van der Waals surface area contributed by atoms with E-state index in [1.165, 1.54) is 25.1 Å². The van der Waals surface area contributed by atoms with Crippen molar-refractivity contribution in [3.8, 4) is 5.75 Å². The zero-order valence-electron chi connectivity index (χ0n) is 11.3. The second kappa shape index (κ2) is 8.93. The molecule has 0 aromatic heterocycles. The first-order chi connectivity index (χ1) is 9.43. The molecular formula is C13H15ClNO6-. The van der Waals surface area contributed by atoms with Crippen molar-refractivity contribution in [2.45, 2.75) is 13.5 Å². The molecule has 0 unspecified atom stereocenters. The fourth-order valence-electron chi connectivity index (χ4n) is 1.44. The smallest absolute Gasteiger partial charge is 0.302 e. The number of aliphatic carboxylic acids is 1. The van der Waals surface area contributed by atoms with Gasteiger partial charge in [-0.3, -0.25) is 9.59 Å². The van der Waals surface area contributed by atoms with E-state index in [0.29, 0.717) is 11.1 Å². The number of nitrogens with two attached hydrogens (primary N) is 1. The molecule has 0 saturated heterocycles. The van der Waals surface area contributed by atoms with Crippen molar-refractivity contribution in [1.82, 2.24) is 0 Å². The number of Topliss-reactive ketones (excluding diaryl/α,β-unsaturated/α-hetero) is 1. The molecule has 116 valence electrons. The monoisotopic (exact) mass is 316 g/mol. The molecule has 2 N–H and O–H groups in total. The maximum atomic E-state index is 11.5. The molecule has 0 saturated carbocycles. The van der Waals surface area contributed by atoms with E-state index in [-0.39, 0.29) is 37.1 Å². The van der Waals surface area contributed by atoms with Crippen LogP contribution in [0.5, 0.6) is 5.75 Å². The van der Waals surface area contributed by atoms with Crippen LogP contribution >= 0.6 is 12.4 Å². The standard InChI is InChI=1S/C13H15NO6.ClH/c1-8(15)19-6-10-4-9(11(16)5-14)2-3-12(10)20-7-13(17)18;/h2-4H,5-7,14H2,1H3,(H,17,18);1H/p-1. The van der Waals surface area contributed by atoms with E-state index in [1.54, 1.807) is 0 Å². The van der Waals surface area contributed by atoms with Crippen molar-refractivity contribution in [3.63, 3.8) is 0 Å². The maximum Gasteiger partial charge on any atom is 0.302 e. The summed E-state index contributed by atoms with van der Waals surface area (Å²) in [6, 6.07) is 4.32. The van der Waals surface area contributed by atoms with Crippen LogP contribution in [0.3, 0.4) is 0 Å². The van der Waals surface area contributed by atoms with Crippen LogP contribution in [-0.4, -0.2) is 30.9 Å². The Bertz CT molecular complexity index is 531. The molecule has 0 aliphatic rings. The van der Waals surface area contributed by atoms with Crippen LogP contribution in [0, 0.1) is 0 Å². The molecule has 1 aromatic carbocycles. The predicted molar refractivity (Wildman–Crippen MR) is 73.0 cm³/mol. The van der Waals surface area contributed by atoms with E-state index >= 15 is 0 Å². The van der Waals surface area contributed by atoms with Crippen LogP contribution in [-0.2, 0) is 20.9 Å². The van der Waals surface area contributed by atoms with Crippen LogP contribution in [0.25, 0.3) is 0 Å². The highest BCUT2D eigenvalue weighted by molar-refractivity contribution is 5.97. The van der Waals surface area contributed by atoms with Crippen molar-refractivity contribution in [3.05, 3.63) is 29.3 Å². The van der Waals surface area contributed by atoms with Crippen molar-refractivity contribution < 1.29 is 29.0 Å². The third-order valence-electron chi connectivity index (χ3n) is 2.34. The second-order valence-corrected chi connectivity index (χ2v) is 3.89. The Labute approximate surface area is 127 Å². The molecule has 0 atom stereocenters. The third kappa shape index (κ3) is 6.24. The predicted octanol–water partition coefficient (Wildman–Crippen LogP) is -0.558. The molecule has 0 radical (unpaired) electrons. The Kier molecular flexibility index (Phi) is 8.03. The Balaban J connectivity index is 0.00000400. The molecule has 21 heavy (non-hydrogen) atoms. The van der Waals surface area contributed by atoms with Crippen molar-refractivity contribution in [2.24, 2.45) is 5.73 Å². The summed E-state index contributed by atoms with van der Waals surface area (Å²) >= 11 is 0. The van der Waals surface area contributed by atoms with Crippen LogP contribution in [0.2, 0.25) is 0 Å². The summed E-state index contributed by atoms with van der Waals surface area (Å²) in [5.41, 5.74) is 5.97.